The van der Waals surface area contributed by atoms with Crippen molar-refractivity contribution < 1.29 is 23.6 Å². The summed E-state index contributed by atoms with van der Waals surface area (Å²) in [6.07, 6.45) is 6.79. The molecule has 3 rings (SSSR count). The highest BCUT2D eigenvalue weighted by Crippen LogP contribution is 2.52. The van der Waals surface area contributed by atoms with Crippen LogP contribution in [0.2, 0.25) is 0 Å². The lowest BCUT2D eigenvalue weighted by atomic mass is 9.69. The molecule has 0 N–H and O–H groups in total. The number of hydrogen-bond donors (Lipinski definition) is 0. The van der Waals surface area contributed by atoms with E-state index in [1.165, 1.54) is 19.1 Å². The van der Waals surface area contributed by atoms with Crippen molar-refractivity contribution in [2.45, 2.75) is 109 Å². The van der Waals surface area contributed by atoms with Gasteiger partial charge in [-0.15, -0.1) is 0 Å². The molecule has 0 amide bonds. The molecule has 0 aromatic carbocycles. The molecule has 0 spiro atoms. The minimum absolute atomic E-state index is 0.195. The molecular formula is C25H39NO5. The average Bonchev–Trinajstić information content (AvgIpc) is 3.38. The van der Waals surface area contributed by atoms with Crippen LogP contribution in [0.25, 0.3) is 0 Å². The Hall–Kier alpha value is -1.85. The monoisotopic (exact) mass is 433 g/mol. The number of hydrogen-bond acceptors (Lipinski definition) is 6. The molecular weight excluding hydrogens is 394 g/mol. The standard InChI is InChI=1S/C25H39NO5/c1-15(2)11-16-12-19(13-16)24-22(17-7-8-17)23(26-31-24)18(9-10-20(27)29-6)14-21(28)30-25(3,4)5/h15-19H,7-14H2,1-6H3/t16?,18-,19?/m0/s1. The molecule has 0 radical (unpaired) electrons. The maximum atomic E-state index is 12.6. The molecule has 2 fully saturated rings. The van der Waals surface area contributed by atoms with Crippen LogP contribution < -0.4 is 0 Å². The molecule has 0 saturated heterocycles. The Labute approximate surface area is 186 Å². The first kappa shape index (κ1) is 23.8. The molecule has 0 bridgehead atoms. The SMILES string of the molecule is COC(=O)CC[C@@H](CC(=O)OC(C)(C)C)c1noc(C2CC(CC(C)C)C2)c1C1CC1. The van der Waals surface area contributed by atoms with Crippen molar-refractivity contribution in [3.8, 4) is 0 Å². The second kappa shape index (κ2) is 9.74. The Kier molecular flexibility index (Phi) is 7.48. The first-order valence-corrected chi connectivity index (χ1v) is 11.8. The quantitative estimate of drug-likeness (QED) is 0.430. The summed E-state index contributed by atoms with van der Waals surface area (Å²) in [4.78, 5) is 24.4. The third kappa shape index (κ3) is 6.56. The Morgan fingerprint density at radius 1 is 1.13 bits per heavy atom. The molecule has 6 heteroatoms. The van der Waals surface area contributed by atoms with E-state index in [1.807, 2.05) is 20.8 Å². The molecule has 2 aliphatic carbocycles. The number of esters is 2. The summed E-state index contributed by atoms with van der Waals surface area (Å²) >= 11 is 0. The van der Waals surface area contributed by atoms with Gasteiger partial charge in [-0.2, -0.15) is 0 Å². The lowest BCUT2D eigenvalue weighted by Crippen LogP contribution is -2.25. The van der Waals surface area contributed by atoms with Gasteiger partial charge in [0.15, 0.2) is 0 Å². The Bertz CT molecular complexity index is 765. The zero-order valence-electron chi connectivity index (χ0n) is 20.0. The second-order valence-electron chi connectivity index (χ2n) is 10.9. The summed E-state index contributed by atoms with van der Waals surface area (Å²) < 4.78 is 16.3. The molecule has 0 aliphatic heterocycles. The summed E-state index contributed by atoms with van der Waals surface area (Å²) in [5.74, 6) is 2.68. The molecule has 174 valence electrons. The van der Waals surface area contributed by atoms with Crippen LogP contribution in [-0.2, 0) is 19.1 Å². The first-order chi connectivity index (χ1) is 14.6. The number of aromatic nitrogens is 1. The van der Waals surface area contributed by atoms with Crippen molar-refractivity contribution >= 4 is 11.9 Å². The fraction of sp³-hybridized carbons (Fsp3) is 0.800. The molecule has 31 heavy (non-hydrogen) atoms. The zero-order valence-corrected chi connectivity index (χ0v) is 20.0. The Morgan fingerprint density at radius 3 is 2.35 bits per heavy atom. The molecule has 1 aromatic rings. The molecule has 2 saturated carbocycles. The normalized spacial score (nSPS) is 22.2. The van der Waals surface area contributed by atoms with E-state index in [4.69, 9.17) is 14.0 Å². The van der Waals surface area contributed by atoms with E-state index in [1.54, 1.807) is 0 Å². The Morgan fingerprint density at radius 2 is 1.81 bits per heavy atom. The maximum absolute atomic E-state index is 12.6. The van der Waals surface area contributed by atoms with Gasteiger partial charge in [-0.05, 0) is 77.0 Å². The van der Waals surface area contributed by atoms with Crippen molar-refractivity contribution in [2.24, 2.45) is 11.8 Å². The third-order valence-electron chi connectivity index (χ3n) is 6.32. The van der Waals surface area contributed by atoms with Gasteiger partial charge in [-0.25, -0.2) is 0 Å². The van der Waals surface area contributed by atoms with Crippen molar-refractivity contribution in [3.05, 3.63) is 17.0 Å². The van der Waals surface area contributed by atoms with Crippen LogP contribution in [0.1, 0.15) is 121 Å². The van der Waals surface area contributed by atoms with E-state index >= 15 is 0 Å². The van der Waals surface area contributed by atoms with Gasteiger partial charge < -0.3 is 14.0 Å². The third-order valence-corrected chi connectivity index (χ3v) is 6.32. The molecule has 6 nitrogen and oxygen atoms in total. The molecule has 1 heterocycles. The van der Waals surface area contributed by atoms with Crippen molar-refractivity contribution in [2.75, 3.05) is 7.11 Å². The van der Waals surface area contributed by atoms with E-state index in [9.17, 15) is 9.59 Å². The second-order valence-corrected chi connectivity index (χ2v) is 10.9. The van der Waals surface area contributed by atoms with Crippen LogP contribution in [0.5, 0.6) is 0 Å². The topological polar surface area (TPSA) is 78.6 Å². The van der Waals surface area contributed by atoms with Gasteiger partial charge >= 0.3 is 11.9 Å². The van der Waals surface area contributed by atoms with Crippen LogP contribution in [0.15, 0.2) is 4.52 Å². The summed E-state index contributed by atoms with van der Waals surface area (Å²) in [5.41, 5.74) is 1.53. The molecule has 1 atom stereocenters. The van der Waals surface area contributed by atoms with Crippen molar-refractivity contribution in [1.82, 2.24) is 5.16 Å². The molecule has 1 aromatic heterocycles. The van der Waals surface area contributed by atoms with Crippen molar-refractivity contribution in [1.29, 1.82) is 0 Å². The van der Waals surface area contributed by atoms with Gasteiger partial charge in [0.25, 0.3) is 0 Å². The summed E-state index contributed by atoms with van der Waals surface area (Å²) in [6.45, 7) is 10.1. The number of rotatable bonds is 10. The number of ether oxygens (including phenoxy) is 2. The minimum atomic E-state index is -0.546. The number of carbonyl (C=O) groups is 2. The van der Waals surface area contributed by atoms with Crippen LogP contribution in [0.3, 0.4) is 0 Å². The van der Waals surface area contributed by atoms with Crippen molar-refractivity contribution in [3.63, 3.8) is 0 Å². The van der Waals surface area contributed by atoms with Crippen LogP contribution >= 0.6 is 0 Å². The zero-order chi connectivity index (χ0) is 22.8. The van der Waals surface area contributed by atoms with E-state index in [0.717, 1.165) is 49.0 Å². The highest BCUT2D eigenvalue weighted by atomic mass is 16.6. The van der Waals surface area contributed by atoms with Gasteiger partial charge in [0.2, 0.25) is 0 Å². The smallest absolute Gasteiger partial charge is 0.306 e. The van der Waals surface area contributed by atoms with Crippen LogP contribution in [-0.4, -0.2) is 29.8 Å². The van der Waals surface area contributed by atoms with Gasteiger partial charge in [0.1, 0.15) is 11.4 Å². The number of methoxy groups -OCH3 is 1. The van der Waals surface area contributed by atoms with Gasteiger partial charge in [-0.1, -0.05) is 19.0 Å². The summed E-state index contributed by atoms with van der Waals surface area (Å²) in [6, 6.07) is 0. The average molecular weight is 434 g/mol. The fourth-order valence-electron chi connectivity index (χ4n) is 4.82. The lowest BCUT2D eigenvalue weighted by Gasteiger charge is -2.35. The van der Waals surface area contributed by atoms with E-state index < -0.39 is 5.60 Å². The van der Waals surface area contributed by atoms with Crippen LogP contribution in [0, 0.1) is 11.8 Å². The van der Waals surface area contributed by atoms with E-state index in [2.05, 4.69) is 19.0 Å². The van der Waals surface area contributed by atoms with E-state index in [0.29, 0.717) is 18.3 Å². The fourth-order valence-corrected chi connectivity index (χ4v) is 4.82. The molecule has 2 aliphatic rings. The maximum Gasteiger partial charge on any atom is 0.306 e. The van der Waals surface area contributed by atoms with Gasteiger partial charge in [0, 0.05) is 23.8 Å². The van der Waals surface area contributed by atoms with Gasteiger partial charge in [-0.3, -0.25) is 9.59 Å². The predicted molar refractivity (Wildman–Crippen MR) is 118 cm³/mol. The number of nitrogens with zero attached hydrogens (tertiary/aromatic N) is 1. The van der Waals surface area contributed by atoms with Gasteiger partial charge in [0.05, 0.1) is 19.2 Å². The summed E-state index contributed by atoms with van der Waals surface area (Å²) in [5, 5.41) is 4.49. The highest BCUT2D eigenvalue weighted by molar-refractivity contribution is 5.72. The molecule has 0 unspecified atom stereocenters. The van der Waals surface area contributed by atoms with E-state index in [-0.39, 0.29) is 30.7 Å². The predicted octanol–water partition coefficient (Wildman–Crippen LogP) is 5.86. The summed E-state index contributed by atoms with van der Waals surface area (Å²) in [7, 11) is 1.39. The lowest BCUT2D eigenvalue weighted by molar-refractivity contribution is -0.155. The number of carbonyl (C=O) groups excluding carboxylic acids is 2. The first-order valence-electron chi connectivity index (χ1n) is 11.8. The van der Waals surface area contributed by atoms with Crippen LogP contribution in [0.4, 0.5) is 0 Å². The largest absolute Gasteiger partial charge is 0.469 e. The minimum Gasteiger partial charge on any atom is -0.469 e. The highest BCUT2D eigenvalue weighted by Gasteiger charge is 2.41. The Balaban J connectivity index is 1.78.